The molecule has 174 valence electrons. The molecule has 34 heavy (non-hydrogen) atoms. The second kappa shape index (κ2) is 11.4. The standard InChI is InChI=1S/C26H26N4O4/c1-17-4-6-20(7-5-17)16-34-24-14-8-21(9-15-24)18(2)29-30-26(33)25(32)28-23-12-10-22(11-13-23)27-19(3)31/h4-15H,16H2,1-3H3,(H,27,31)(H,28,32)(H,30,33)/b29-18+. The molecule has 0 atom stereocenters. The summed E-state index contributed by atoms with van der Waals surface area (Å²) in [6.45, 7) is 5.63. The van der Waals surface area contributed by atoms with Crippen LogP contribution in [0.3, 0.4) is 0 Å². The van der Waals surface area contributed by atoms with Crippen LogP contribution in [0.15, 0.2) is 77.9 Å². The van der Waals surface area contributed by atoms with E-state index < -0.39 is 11.8 Å². The number of rotatable bonds is 7. The van der Waals surface area contributed by atoms with Crippen LogP contribution in [0.2, 0.25) is 0 Å². The van der Waals surface area contributed by atoms with Crippen LogP contribution in [0.5, 0.6) is 5.75 Å². The minimum absolute atomic E-state index is 0.200. The summed E-state index contributed by atoms with van der Waals surface area (Å²) in [6, 6.07) is 21.8. The Balaban J connectivity index is 1.50. The predicted molar refractivity (Wildman–Crippen MR) is 132 cm³/mol. The maximum atomic E-state index is 12.1. The van der Waals surface area contributed by atoms with Gasteiger partial charge in [-0.3, -0.25) is 14.4 Å². The van der Waals surface area contributed by atoms with Crippen molar-refractivity contribution >= 4 is 34.8 Å². The number of nitrogens with one attached hydrogen (secondary N) is 3. The van der Waals surface area contributed by atoms with E-state index in [1.807, 2.05) is 55.5 Å². The molecule has 3 N–H and O–H groups in total. The Labute approximate surface area is 198 Å². The van der Waals surface area contributed by atoms with Gasteiger partial charge in [0.15, 0.2) is 0 Å². The SMILES string of the molecule is CC(=O)Nc1ccc(NC(=O)C(=O)N/N=C(\C)c2ccc(OCc3ccc(C)cc3)cc2)cc1. The fourth-order valence-corrected chi connectivity index (χ4v) is 2.92. The number of aryl methyl sites for hydroxylation is 1. The van der Waals surface area contributed by atoms with Crippen molar-refractivity contribution in [3.8, 4) is 5.75 Å². The van der Waals surface area contributed by atoms with Crippen LogP contribution >= 0.6 is 0 Å². The van der Waals surface area contributed by atoms with E-state index in [1.54, 1.807) is 31.2 Å². The Morgan fingerprint density at radius 3 is 1.94 bits per heavy atom. The monoisotopic (exact) mass is 458 g/mol. The molecule has 0 saturated heterocycles. The molecule has 8 nitrogen and oxygen atoms in total. The quantitative estimate of drug-likeness (QED) is 0.282. The molecule has 0 aliphatic carbocycles. The highest BCUT2D eigenvalue weighted by molar-refractivity contribution is 6.39. The van der Waals surface area contributed by atoms with E-state index in [0.717, 1.165) is 11.1 Å². The summed E-state index contributed by atoms with van der Waals surface area (Å²) in [5.74, 6) is -1.24. The Morgan fingerprint density at radius 2 is 1.35 bits per heavy atom. The zero-order valence-electron chi connectivity index (χ0n) is 19.2. The Hall–Kier alpha value is -4.46. The molecule has 0 spiro atoms. The van der Waals surface area contributed by atoms with Gasteiger partial charge in [0.1, 0.15) is 12.4 Å². The number of amides is 3. The highest BCUT2D eigenvalue weighted by Crippen LogP contribution is 2.16. The van der Waals surface area contributed by atoms with Gasteiger partial charge in [0, 0.05) is 18.3 Å². The van der Waals surface area contributed by atoms with Gasteiger partial charge in [0.05, 0.1) is 5.71 Å². The van der Waals surface area contributed by atoms with E-state index in [4.69, 9.17) is 4.74 Å². The van der Waals surface area contributed by atoms with Crippen LogP contribution in [0.1, 0.15) is 30.5 Å². The average Bonchev–Trinajstić information content (AvgIpc) is 2.83. The van der Waals surface area contributed by atoms with Gasteiger partial charge in [-0.15, -0.1) is 0 Å². The van der Waals surface area contributed by atoms with Gasteiger partial charge in [0.2, 0.25) is 5.91 Å². The van der Waals surface area contributed by atoms with Gasteiger partial charge in [0.25, 0.3) is 0 Å². The molecule has 0 bridgehead atoms. The normalized spacial score (nSPS) is 10.9. The van der Waals surface area contributed by atoms with Crippen LogP contribution < -0.4 is 20.8 Å². The lowest BCUT2D eigenvalue weighted by atomic mass is 10.1. The van der Waals surface area contributed by atoms with Crippen LogP contribution in [0.4, 0.5) is 11.4 Å². The number of anilines is 2. The largest absolute Gasteiger partial charge is 0.489 e. The number of hydrazone groups is 1. The van der Waals surface area contributed by atoms with E-state index in [-0.39, 0.29) is 5.91 Å². The molecule has 3 amide bonds. The van der Waals surface area contributed by atoms with Gasteiger partial charge in [-0.05, 0) is 73.5 Å². The number of nitrogens with zero attached hydrogens (tertiary/aromatic N) is 1. The van der Waals surface area contributed by atoms with Crippen molar-refractivity contribution in [2.45, 2.75) is 27.4 Å². The zero-order chi connectivity index (χ0) is 24.5. The summed E-state index contributed by atoms with van der Waals surface area (Å²) in [7, 11) is 0. The van der Waals surface area contributed by atoms with Crippen LogP contribution in [0.25, 0.3) is 0 Å². The first-order valence-electron chi connectivity index (χ1n) is 10.6. The molecule has 0 heterocycles. The topological polar surface area (TPSA) is 109 Å². The van der Waals surface area contributed by atoms with Gasteiger partial charge < -0.3 is 15.4 Å². The summed E-state index contributed by atoms with van der Waals surface area (Å²) in [5.41, 5.74) is 6.84. The maximum absolute atomic E-state index is 12.1. The summed E-state index contributed by atoms with van der Waals surface area (Å²) >= 11 is 0. The molecule has 0 aromatic heterocycles. The molecule has 3 aromatic carbocycles. The first-order chi connectivity index (χ1) is 16.3. The van der Waals surface area contributed by atoms with Crippen molar-refractivity contribution in [1.82, 2.24) is 5.43 Å². The number of ether oxygens (including phenoxy) is 1. The van der Waals surface area contributed by atoms with Crippen molar-refractivity contribution in [3.05, 3.63) is 89.5 Å². The minimum Gasteiger partial charge on any atom is -0.489 e. The van der Waals surface area contributed by atoms with E-state index in [1.165, 1.54) is 12.5 Å². The predicted octanol–water partition coefficient (Wildman–Crippen LogP) is 4.01. The lowest BCUT2D eigenvalue weighted by Gasteiger charge is -2.08. The molecule has 0 aliphatic rings. The molecular weight excluding hydrogens is 432 g/mol. The molecule has 8 heteroatoms. The fraction of sp³-hybridized carbons (Fsp3) is 0.154. The molecule has 0 fully saturated rings. The molecular formula is C26H26N4O4. The van der Waals surface area contributed by atoms with E-state index in [9.17, 15) is 14.4 Å². The third kappa shape index (κ3) is 7.30. The van der Waals surface area contributed by atoms with E-state index >= 15 is 0 Å². The zero-order valence-corrected chi connectivity index (χ0v) is 19.2. The van der Waals surface area contributed by atoms with E-state index in [2.05, 4.69) is 21.2 Å². The van der Waals surface area contributed by atoms with Gasteiger partial charge in [-0.1, -0.05) is 29.8 Å². The Bertz CT molecular complexity index is 1180. The summed E-state index contributed by atoms with van der Waals surface area (Å²) < 4.78 is 5.80. The fourth-order valence-electron chi connectivity index (χ4n) is 2.92. The van der Waals surface area contributed by atoms with Crippen LogP contribution in [-0.2, 0) is 21.0 Å². The van der Waals surface area contributed by atoms with E-state index in [0.29, 0.717) is 29.4 Å². The van der Waals surface area contributed by atoms with Crippen molar-refractivity contribution < 1.29 is 19.1 Å². The van der Waals surface area contributed by atoms with Crippen molar-refractivity contribution in [1.29, 1.82) is 0 Å². The number of carbonyl (C=O) groups excluding carboxylic acids is 3. The van der Waals surface area contributed by atoms with Gasteiger partial charge in [-0.2, -0.15) is 5.10 Å². The van der Waals surface area contributed by atoms with Crippen molar-refractivity contribution in [3.63, 3.8) is 0 Å². The Kier molecular flexibility index (Phi) is 8.12. The first kappa shape index (κ1) is 24.2. The van der Waals surface area contributed by atoms with Crippen molar-refractivity contribution in [2.24, 2.45) is 5.10 Å². The third-order valence-electron chi connectivity index (χ3n) is 4.79. The highest BCUT2D eigenvalue weighted by atomic mass is 16.5. The highest BCUT2D eigenvalue weighted by Gasteiger charge is 2.13. The number of benzene rings is 3. The molecule has 0 radical (unpaired) electrons. The third-order valence-corrected chi connectivity index (χ3v) is 4.79. The minimum atomic E-state index is -0.900. The van der Waals surface area contributed by atoms with Crippen LogP contribution in [0, 0.1) is 6.92 Å². The van der Waals surface area contributed by atoms with Crippen molar-refractivity contribution in [2.75, 3.05) is 10.6 Å². The lowest BCUT2D eigenvalue weighted by Crippen LogP contribution is -2.32. The van der Waals surface area contributed by atoms with Crippen LogP contribution in [-0.4, -0.2) is 23.4 Å². The molecule has 3 rings (SSSR count). The lowest BCUT2D eigenvalue weighted by molar-refractivity contribution is -0.136. The Morgan fingerprint density at radius 1 is 0.765 bits per heavy atom. The maximum Gasteiger partial charge on any atom is 0.329 e. The summed E-state index contributed by atoms with van der Waals surface area (Å²) in [6.07, 6.45) is 0. The second-order valence-corrected chi connectivity index (χ2v) is 7.65. The van der Waals surface area contributed by atoms with Gasteiger partial charge in [-0.25, -0.2) is 5.43 Å². The smallest absolute Gasteiger partial charge is 0.329 e. The number of hydrogen-bond donors (Lipinski definition) is 3. The number of carbonyl (C=O) groups is 3. The molecule has 3 aromatic rings. The van der Waals surface area contributed by atoms with Gasteiger partial charge >= 0.3 is 11.8 Å². The molecule has 0 saturated carbocycles. The second-order valence-electron chi connectivity index (χ2n) is 7.65. The first-order valence-corrected chi connectivity index (χ1v) is 10.6. The summed E-state index contributed by atoms with van der Waals surface area (Å²) in [5, 5.41) is 9.10. The number of hydrogen-bond acceptors (Lipinski definition) is 5. The molecule has 0 unspecified atom stereocenters. The summed E-state index contributed by atoms with van der Waals surface area (Å²) in [4.78, 5) is 35.2. The molecule has 0 aliphatic heterocycles. The average molecular weight is 459 g/mol.